The van der Waals surface area contributed by atoms with Crippen molar-refractivity contribution in [2.45, 2.75) is 0 Å². The number of hydrogen-bond acceptors (Lipinski definition) is 5. The molecular weight excluding hydrogens is 332 g/mol. The van der Waals surface area contributed by atoms with Crippen LogP contribution >= 0.6 is 15.9 Å². The molecule has 0 aliphatic carbocycles. The quantitative estimate of drug-likeness (QED) is 0.564. The molecule has 0 amide bonds. The standard InChI is InChI=1S/C15H11BrN4O/c16-11-5-6-14(21)10(7-11)8-19-20-15-12-3-1-2-4-13(12)17-9-18-15/h1-9,21H,(H,17,18,20)/b19-8+. The number of halogens is 1. The molecular formula is C15H11BrN4O. The SMILES string of the molecule is Oc1ccc(Br)cc1/C=N/Nc1ncnc2ccccc12. The van der Waals surface area contributed by atoms with Gasteiger partial charge in [0.1, 0.15) is 12.1 Å². The Hall–Kier alpha value is -2.47. The number of anilines is 1. The number of nitrogens with zero attached hydrogens (tertiary/aromatic N) is 3. The monoisotopic (exact) mass is 342 g/mol. The highest BCUT2D eigenvalue weighted by Gasteiger charge is 2.02. The average molecular weight is 343 g/mol. The molecule has 0 radical (unpaired) electrons. The van der Waals surface area contributed by atoms with Crippen molar-refractivity contribution in [3.63, 3.8) is 0 Å². The molecule has 0 saturated carbocycles. The van der Waals surface area contributed by atoms with Crippen LogP contribution in [0.4, 0.5) is 5.82 Å². The number of para-hydroxylation sites is 1. The Balaban J connectivity index is 1.86. The molecule has 0 aliphatic rings. The second kappa shape index (κ2) is 5.88. The summed E-state index contributed by atoms with van der Waals surface area (Å²) in [6.07, 6.45) is 3.02. The van der Waals surface area contributed by atoms with Crippen LogP contribution in [0.1, 0.15) is 5.56 Å². The highest BCUT2D eigenvalue weighted by Crippen LogP contribution is 2.21. The van der Waals surface area contributed by atoms with Crippen LogP contribution in [-0.2, 0) is 0 Å². The summed E-state index contributed by atoms with van der Waals surface area (Å²) in [5.74, 6) is 0.780. The minimum absolute atomic E-state index is 0.163. The fraction of sp³-hybridized carbons (Fsp3) is 0. The molecule has 1 aromatic heterocycles. The maximum absolute atomic E-state index is 9.74. The first-order chi connectivity index (χ1) is 10.2. The van der Waals surface area contributed by atoms with E-state index >= 15 is 0 Å². The van der Waals surface area contributed by atoms with Crippen LogP contribution in [0.2, 0.25) is 0 Å². The molecule has 3 rings (SSSR count). The third-order valence-electron chi connectivity index (χ3n) is 2.91. The van der Waals surface area contributed by atoms with E-state index in [2.05, 4.69) is 36.4 Å². The molecule has 1 heterocycles. The van der Waals surface area contributed by atoms with Crippen molar-refractivity contribution in [2.24, 2.45) is 5.10 Å². The van der Waals surface area contributed by atoms with Gasteiger partial charge in [0.25, 0.3) is 0 Å². The fourth-order valence-electron chi connectivity index (χ4n) is 1.89. The van der Waals surface area contributed by atoms with Crippen molar-refractivity contribution >= 4 is 38.9 Å². The van der Waals surface area contributed by atoms with Crippen LogP contribution in [0, 0.1) is 0 Å². The Labute approximate surface area is 129 Å². The van der Waals surface area contributed by atoms with Gasteiger partial charge in [-0.2, -0.15) is 5.10 Å². The first-order valence-corrected chi connectivity index (χ1v) is 7.01. The van der Waals surface area contributed by atoms with E-state index < -0.39 is 0 Å². The van der Waals surface area contributed by atoms with Gasteiger partial charge in [0, 0.05) is 15.4 Å². The van der Waals surface area contributed by atoms with Gasteiger partial charge in [-0.25, -0.2) is 9.97 Å². The van der Waals surface area contributed by atoms with E-state index in [0.717, 1.165) is 15.4 Å². The van der Waals surface area contributed by atoms with E-state index in [1.165, 1.54) is 12.5 Å². The number of fused-ring (bicyclic) bond motifs is 1. The zero-order valence-electron chi connectivity index (χ0n) is 10.9. The van der Waals surface area contributed by atoms with Crippen molar-refractivity contribution in [3.05, 3.63) is 58.8 Å². The van der Waals surface area contributed by atoms with Gasteiger partial charge in [0.2, 0.25) is 0 Å². The topological polar surface area (TPSA) is 70.4 Å². The Morgan fingerprint density at radius 2 is 2.00 bits per heavy atom. The third-order valence-corrected chi connectivity index (χ3v) is 3.40. The number of nitrogens with one attached hydrogen (secondary N) is 1. The molecule has 0 bridgehead atoms. The molecule has 5 nitrogen and oxygen atoms in total. The molecule has 104 valence electrons. The molecule has 2 N–H and O–H groups in total. The highest BCUT2D eigenvalue weighted by atomic mass is 79.9. The summed E-state index contributed by atoms with van der Waals surface area (Å²) in [6.45, 7) is 0. The lowest BCUT2D eigenvalue weighted by molar-refractivity contribution is 0.474. The maximum Gasteiger partial charge on any atom is 0.157 e. The van der Waals surface area contributed by atoms with Gasteiger partial charge in [-0.15, -0.1) is 0 Å². The molecule has 6 heteroatoms. The number of rotatable bonds is 3. The number of hydrogen-bond donors (Lipinski definition) is 2. The summed E-state index contributed by atoms with van der Waals surface area (Å²) in [5.41, 5.74) is 4.32. The lowest BCUT2D eigenvalue weighted by atomic mass is 10.2. The number of phenols is 1. The number of benzene rings is 2. The molecule has 3 aromatic rings. The number of hydrazone groups is 1. The van der Waals surface area contributed by atoms with Gasteiger partial charge in [0.15, 0.2) is 5.82 Å². The van der Waals surface area contributed by atoms with Gasteiger partial charge < -0.3 is 5.11 Å². The van der Waals surface area contributed by atoms with Crippen LogP contribution in [0.25, 0.3) is 10.9 Å². The van der Waals surface area contributed by atoms with Crippen LogP contribution in [0.5, 0.6) is 5.75 Å². The Bertz CT molecular complexity index is 814. The summed E-state index contributed by atoms with van der Waals surface area (Å²) in [4.78, 5) is 8.35. The van der Waals surface area contributed by atoms with Crippen molar-refractivity contribution in [3.8, 4) is 5.75 Å². The van der Waals surface area contributed by atoms with Crippen LogP contribution in [0.15, 0.2) is 58.4 Å². The normalized spacial score (nSPS) is 11.1. The zero-order chi connectivity index (χ0) is 14.7. The molecule has 0 aliphatic heterocycles. The van der Waals surface area contributed by atoms with Gasteiger partial charge in [-0.3, -0.25) is 5.43 Å². The Kier molecular flexibility index (Phi) is 3.79. The predicted molar refractivity (Wildman–Crippen MR) is 86.6 cm³/mol. The average Bonchev–Trinajstić information content (AvgIpc) is 2.51. The Morgan fingerprint density at radius 1 is 1.14 bits per heavy atom. The third kappa shape index (κ3) is 3.00. The number of aromatic hydroxyl groups is 1. The predicted octanol–water partition coefficient (Wildman–Crippen LogP) is 3.54. The lowest BCUT2D eigenvalue weighted by Crippen LogP contribution is -1.96. The molecule has 21 heavy (non-hydrogen) atoms. The molecule has 0 saturated heterocycles. The molecule has 0 atom stereocenters. The summed E-state index contributed by atoms with van der Waals surface area (Å²) < 4.78 is 0.870. The van der Waals surface area contributed by atoms with E-state index in [4.69, 9.17) is 0 Å². The van der Waals surface area contributed by atoms with Crippen LogP contribution in [-0.4, -0.2) is 21.3 Å². The minimum Gasteiger partial charge on any atom is -0.507 e. The van der Waals surface area contributed by atoms with Crippen molar-refractivity contribution < 1.29 is 5.11 Å². The van der Waals surface area contributed by atoms with Gasteiger partial charge >= 0.3 is 0 Å². The zero-order valence-corrected chi connectivity index (χ0v) is 12.4. The van der Waals surface area contributed by atoms with E-state index in [-0.39, 0.29) is 5.75 Å². The molecule has 0 fully saturated rings. The van der Waals surface area contributed by atoms with Gasteiger partial charge in [-0.1, -0.05) is 28.1 Å². The lowest BCUT2D eigenvalue weighted by Gasteiger charge is -2.03. The van der Waals surface area contributed by atoms with E-state index in [0.29, 0.717) is 11.4 Å². The summed E-state index contributed by atoms with van der Waals surface area (Å²) in [5, 5.41) is 14.7. The van der Waals surface area contributed by atoms with Crippen molar-refractivity contribution in [1.82, 2.24) is 9.97 Å². The highest BCUT2D eigenvalue weighted by molar-refractivity contribution is 9.10. The molecule has 2 aromatic carbocycles. The second-order valence-electron chi connectivity index (χ2n) is 4.31. The van der Waals surface area contributed by atoms with Crippen molar-refractivity contribution in [2.75, 3.05) is 5.43 Å². The summed E-state index contributed by atoms with van der Waals surface area (Å²) >= 11 is 3.35. The first-order valence-electron chi connectivity index (χ1n) is 6.21. The largest absolute Gasteiger partial charge is 0.507 e. The van der Waals surface area contributed by atoms with E-state index in [1.54, 1.807) is 18.2 Å². The maximum atomic E-state index is 9.74. The second-order valence-corrected chi connectivity index (χ2v) is 5.23. The van der Waals surface area contributed by atoms with Crippen molar-refractivity contribution in [1.29, 1.82) is 0 Å². The van der Waals surface area contributed by atoms with Gasteiger partial charge in [0.05, 0.1) is 11.7 Å². The van der Waals surface area contributed by atoms with Gasteiger partial charge in [-0.05, 0) is 30.3 Å². The Morgan fingerprint density at radius 3 is 2.90 bits per heavy atom. The minimum atomic E-state index is 0.163. The van der Waals surface area contributed by atoms with E-state index in [9.17, 15) is 5.11 Å². The number of aromatic nitrogens is 2. The number of phenolic OH excluding ortho intramolecular Hbond substituents is 1. The van der Waals surface area contributed by atoms with Crippen LogP contribution in [0.3, 0.4) is 0 Å². The summed E-state index contributed by atoms with van der Waals surface area (Å²) in [6, 6.07) is 12.8. The first kappa shape index (κ1) is 13.5. The molecule has 0 unspecified atom stereocenters. The van der Waals surface area contributed by atoms with Crippen LogP contribution < -0.4 is 5.43 Å². The summed E-state index contributed by atoms with van der Waals surface area (Å²) in [7, 11) is 0. The molecule has 0 spiro atoms. The fourth-order valence-corrected chi connectivity index (χ4v) is 2.26. The smallest absolute Gasteiger partial charge is 0.157 e. The van der Waals surface area contributed by atoms with E-state index in [1.807, 2.05) is 24.3 Å².